The Morgan fingerprint density at radius 2 is 1.85 bits per heavy atom. The van der Waals surface area contributed by atoms with Crippen LogP contribution in [0.15, 0.2) is 58.8 Å². The predicted molar refractivity (Wildman–Crippen MR) is 125 cm³/mol. The molecule has 33 heavy (non-hydrogen) atoms. The van der Waals surface area contributed by atoms with Crippen molar-refractivity contribution >= 4 is 29.1 Å². The Hall–Kier alpha value is -4.27. The number of nitrogens with one attached hydrogen (secondary N) is 4. The summed E-state index contributed by atoms with van der Waals surface area (Å²) in [6.45, 7) is 3.62. The zero-order chi connectivity index (χ0) is 23.5. The summed E-state index contributed by atoms with van der Waals surface area (Å²) in [6, 6.07) is 12.0. The van der Waals surface area contributed by atoms with Crippen LogP contribution in [0.1, 0.15) is 29.8 Å². The molecule has 0 spiro atoms. The molecule has 9 nitrogen and oxygen atoms in total. The summed E-state index contributed by atoms with van der Waals surface area (Å²) >= 11 is 0. The quantitative estimate of drug-likeness (QED) is 0.343. The largest absolute Gasteiger partial charge is 0.493 e. The maximum absolute atomic E-state index is 13.1. The van der Waals surface area contributed by atoms with E-state index in [2.05, 4.69) is 26.1 Å². The monoisotopic (exact) mass is 447 g/mol. The van der Waals surface area contributed by atoms with Gasteiger partial charge in [0.1, 0.15) is 0 Å². The molecule has 3 amide bonds. The lowest BCUT2D eigenvalue weighted by Crippen LogP contribution is -2.46. The first kappa shape index (κ1) is 21.9. The molecule has 2 heterocycles. The molecular weight excluding hydrogens is 422 g/mol. The number of methoxy groups -OCH3 is 2. The van der Waals surface area contributed by atoms with Gasteiger partial charge in [-0.15, -0.1) is 0 Å². The Kier molecular flexibility index (Phi) is 6.03. The van der Waals surface area contributed by atoms with E-state index in [4.69, 9.17) is 9.47 Å². The Morgan fingerprint density at radius 1 is 1.09 bits per heavy atom. The number of allylic oxidation sites excluding steroid dienone is 1. The van der Waals surface area contributed by atoms with Gasteiger partial charge in [-0.05, 0) is 37.6 Å². The van der Waals surface area contributed by atoms with Gasteiger partial charge >= 0.3 is 6.03 Å². The number of hydrazone groups is 1. The molecule has 4 rings (SSSR count). The molecule has 0 bridgehead atoms. The average Bonchev–Trinajstić information content (AvgIpc) is 3.13. The minimum Gasteiger partial charge on any atom is -0.493 e. The van der Waals surface area contributed by atoms with Crippen molar-refractivity contribution in [2.75, 3.05) is 14.2 Å². The molecular formula is C24H25N5O4. The Labute approximate surface area is 190 Å². The third-order valence-corrected chi connectivity index (χ3v) is 5.56. The first-order chi connectivity index (χ1) is 15.9. The number of nitrogens with zero attached hydrogens (tertiary/aromatic N) is 1. The Balaban J connectivity index is 1.61. The Bertz CT molecular complexity index is 1290. The maximum Gasteiger partial charge on any atom is 0.319 e. The van der Waals surface area contributed by atoms with Gasteiger partial charge in [0.25, 0.3) is 5.91 Å². The highest BCUT2D eigenvalue weighted by molar-refractivity contribution is 6.02. The zero-order valence-corrected chi connectivity index (χ0v) is 18.8. The van der Waals surface area contributed by atoms with Gasteiger partial charge in [-0.1, -0.05) is 24.3 Å². The van der Waals surface area contributed by atoms with E-state index in [0.29, 0.717) is 28.3 Å². The molecule has 1 atom stereocenters. The van der Waals surface area contributed by atoms with Gasteiger partial charge in [0.05, 0.1) is 32.0 Å². The second kappa shape index (κ2) is 9.07. The number of carbonyl (C=O) groups excluding carboxylic acids is 2. The highest BCUT2D eigenvalue weighted by atomic mass is 16.5. The van der Waals surface area contributed by atoms with E-state index in [-0.39, 0.29) is 0 Å². The fourth-order valence-corrected chi connectivity index (χ4v) is 3.96. The lowest BCUT2D eigenvalue weighted by Gasteiger charge is -2.28. The average molecular weight is 447 g/mol. The van der Waals surface area contributed by atoms with Crippen molar-refractivity contribution in [3.05, 3.63) is 70.6 Å². The number of rotatable bonds is 6. The van der Waals surface area contributed by atoms with Crippen molar-refractivity contribution in [3.8, 4) is 11.5 Å². The van der Waals surface area contributed by atoms with Gasteiger partial charge < -0.3 is 25.1 Å². The molecule has 2 aromatic carbocycles. The van der Waals surface area contributed by atoms with E-state index < -0.39 is 18.0 Å². The molecule has 170 valence electrons. The summed E-state index contributed by atoms with van der Waals surface area (Å²) in [4.78, 5) is 28.6. The van der Waals surface area contributed by atoms with Crippen molar-refractivity contribution in [3.63, 3.8) is 0 Å². The van der Waals surface area contributed by atoms with Crippen molar-refractivity contribution in [2.45, 2.75) is 19.9 Å². The molecule has 0 saturated heterocycles. The van der Waals surface area contributed by atoms with Crippen LogP contribution in [-0.2, 0) is 4.79 Å². The fourth-order valence-electron chi connectivity index (χ4n) is 3.96. The van der Waals surface area contributed by atoms with Crippen LogP contribution in [0.4, 0.5) is 4.79 Å². The summed E-state index contributed by atoms with van der Waals surface area (Å²) in [6.07, 6.45) is 1.61. The second-order valence-corrected chi connectivity index (χ2v) is 7.59. The summed E-state index contributed by atoms with van der Waals surface area (Å²) in [7, 11) is 3.07. The van der Waals surface area contributed by atoms with E-state index in [9.17, 15) is 9.59 Å². The van der Waals surface area contributed by atoms with Crippen LogP contribution in [0.5, 0.6) is 11.5 Å². The smallest absolute Gasteiger partial charge is 0.319 e. The van der Waals surface area contributed by atoms with Gasteiger partial charge in [-0.2, -0.15) is 5.10 Å². The lowest BCUT2D eigenvalue weighted by atomic mass is 9.94. The van der Waals surface area contributed by atoms with Crippen molar-refractivity contribution < 1.29 is 19.1 Å². The van der Waals surface area contributed by atoms with Gasteiger partial charge in [0, 0.05) is 27.9 Å². The molecule has 0 unspecified atom stereocenters. The summed E-state index contributed by atoms with van der Waals surface area (Å²) in [5.41, 5.74) is 6.87. The molecule has 9 heteroatoms. The van der Waals surface area contributed by atoms with Crippen molar-refractivity contribution in [1.29, 1.82) is 0 Å². The summed E-state index contributed by atoms with van der Waals surface area (Å²) in [5.74, 6) is 0.605. The van der Waals surface area contributed by atoms with Crippen LogP contribution in [0.25, 0.3) is 10.9 Å². The SMILES string of the molecule is COc1ccc([C@H]2NC(=O)NC(C)=C2C(=O)NN=Cc2c(C)[nH]c3ccccc23)cc1OC. The highest BCUT2D eigenvalue weighted by Gasteiger charge is 2.31. The number of hydrogen-bond donors (Lipinski definition) is 4. The van der Waals surface area contributed by atoms with Crippen LogP contribution < -0.4 is 25.5 Å². The van der Waals surface area contributed by atoms with E-state index in [1.54, 1.807) is 38.4 Å². The molecule has 1 aliphatic heterocycles. The van der Waals surface area contributed by atoms with Crippen LogP contribution in [0.2, 0.25) is 0 Å². The highest BCUT2D eigenvalue weighted by Crippen LogP contribution is 2.34. The van der Waals surface area contributed by atoms with E-state index >= 15 is 0 Å². The molecule has 0 aliphatic carbocycles. The van der Waals surface area contributed by atoms with Gasteiger partial charge in [0.2, 0.25) is 0 Å². The second-order valence-electron chi connectivity index (χ2n) is 7.59. The molecule has 0 saturated carbocycles. The minimum absolute atomic E-state index is 0.342. The number of benzene rings is 2. The maximum atomic E-state index is 13.1. The van der Waals surface area contributed by atoms with E-state index in [1.165, 1.54) is 7.11 Å². The Morgan fingerprint density at radius 3 is 2.61 bits per heavy atom. The third kappa shape index (κ3) is 4.25. The van der Waals surface area contributed by atoms with Crippen molar-refractivity contribution in [1.82, 2.24) is 21.0 Å². The third-order valence-electron chi connectivity index (χ3n) is 5.56. The first-order valence-electron chi connectivity index (χ1n) is 10.3. The van der Waals surface area contributed by atoms with Crippen LogP contribution >= 0.6 is 0 Å². The summed E-state index contributed by atoms with van der Waals surface area (Å²) in [5, 5.41) is 10.6. The zero-order valence-electron chi connectivity index (χ0n) is 18.8. The van der Waals surface area contributed by atoms with Gasteiger partial charge in [-0.25, -0.2) is 10.2 Å². The normalized spacial score (nSPS) is 16.0. The van der Waals surface area contributed by atoms with Crippen LogP contribution in [0.3, 0.4) is 0 Å². The van der Waals surface area contributed by atoms with Gasteiger partial charge in [0.15, 0.2) is 11.5 Å². The molecule has 0 fully saturated rings. The molecule has 0 radical (unpaired) electrons. The van der Waals surface area contributed by atoms with Gasteiger partial charge in [-0.3, -0.25) is 4.79 Å². The van der Waals surface area contributed by atoms with Crippen LogP contribution in [-0.4, -0.2) is 37.4 Å². The number of para-hydroxylation sites is 1. The molecule has 1 aromatic heterocycles. The molecule has 1 aliphatic rings. The van der Waals surface area contributed by atoms with Crippen molar-refractivity contribution in [2.24, 2.45) is 5.10 Å². The minimum atomic E-state index is -0.691. The lowest BCUT2D eigenvalue weighted by molar-refractivity contribution is -0.117. The number of hydrogen-bond acceptors (Lipinski definition) is 5. The standard InChI is InChI=1S/C24H25N5O4/c1-13-17(16-7-5-6-8-18(16)26-13)12-25-29-23(30)21-14(2)27-24(31)28-22(21)15-9-10-19(32-3)20(11-15)33-4/h5-12,22,26H,1-4H3,(H,29,30)(H2,27,28,31)/t22-/m1/s1. The number of aromatic amines is 1. The number of H-pyrrole nitrogens is 1. The first-order valence-corrected chi connectivity index (χ1v) is 10.3. The number of aryl methyl sites for hydroxylation is 1. The number of amides is 3. The predicted octanol–water partition coefficient (Wildman–Crippen LogP) is 3.27. The number of carbonyl (C=O) groups is 2. The van der Waals surface area contributed by atoms with Crippen LogP contribution in [0, 0.1) is 6.92 Å². The number of urea groups is 1. The van der Waals surface area contributed by atoms with E-state index in [0.717, 1.165) is 22.2 Å². The topological polar surface area (TPSA) is 117 Å². The number of fused-ring (bicyclic) bond motifs is 1. The van der Waals surface area contributed by atoms with E-state index in [1.807, 2.05) is 31.2 Å². The fraction of sp³-hybridized carbons (Fsp3) is 0.208. The molecule has 4 N–H and O–H groups in total. The number of ether oxygens (including phenoxy) is 2. The molecule has 3 aromatic rings. The summed E-state index contributed by atoms with van der Waals surface area (Å²) < 4.78 is 10.7. The number of aromatic nitrogens is 1.